The van der Waals surface area contributed by atoms with Crippen molar-refractivity contribution in [3.05, 3.63) is 35.4 Å². The van der Waals surface area contributed by atoms with Gasteiger partial charge in [-0.25, -0.2) is 0 Å². The summed E-state index contributed by atoms with van der Waals surface area (Å²) in [6, 6.07) is 5.26. The minimum atomic E-state index is -4.27. The molecular formula is C14H18ClF3. The molecule has 1 aromatic carbocycles. The lowest BCUT2D eigenvalue weighted by molar-refractivity contribution is -0.137. The minimum absolute atomic E-state index is 0.0169. The van der Waals surface area contributed by atoms with Gasteiger partial charge in [-0.05, 0) is 30.0 Å². The fraction of sp³-hybridized carbons (Fsp3) is 0.571. The van der Waals surface area contributed by atoms with Gasteiger partial charge in [0, 0.05) is 5.38 Å². The summed E-state index contributed by atoms with van der Waals surface area (Å²) in [4.78, 5) is 0. The van der Waals surface area contributed by atoms with Crippen LogP contribution in [0.2, 0.25) is 0 Å². The molecule has 0 saturated carbocycles. The van der Waals surface area contributed by atoms with Gasteiger partial charge >= 0.3 is 6.18 Å². The van der Waals surface area contributed by atoms with E-state index >= 15 is 0 Å². The summed E-state index contributed by atoms with van der Waals surface area (Å²) >= 11 is 6.29. The Kier molecular flexibility index (Phi) is 5.51. The fourth-order valence-corrected chi connectivity index (χ4v) is 2.56. The molecule has 0 amide bonds. The van der Waals surface area contributed by atoms with Gasteiger partial charge in [-0.15, -0.1) is 11.6 Å². The zero-order valence-electron chi connectivity index (χ0n) is 10.6. The highest BCUT2D eigenvalue weighted by Gasteiger charge is 2.30. The van der Waals surface area contributed by atoms with Gasteiger partial charge in [-0.3, -0.25) is 0 Å². The van der Waals surface area contributed by atoms with E-state index in [-0.39, 0.29) is 5.38 Å². The first-order valence-corrected chi connectivity index (χ1v) is 6.62. The maximum atomic E-state index is 12.4. The Morgan fingerprint density at radius 3 is 1.94 bits per heavy atom. The van der Waals surface area contributed by atoms with Crippen LogP contribution in [0.5, 0.6) is 0 Å². The largest absolute Gasteiger partial charge is 0.416 e. The summed E-state index contributed by atoms with van der Waals surface area (Å²) in [6.07, 6.45) is -1.67. The number of hydrogen-bond donors (Lipinski definition) is 0. The van der Waals surface area contributed by atoms with E-state index in [0.717, 1.165) is 30.5 Å². The molecule has 0 nitrogen and oxygen atoms in total. The monoisotopic (exact) mass is 278 g/mol. The van der Waals surface area contributed by atoms with E-state index < -0.39 is 11.7 Å². The zero-order valence-corrected chi connectivity index (χ0v) is 11.4. The number of halogens is 4. The van der Waals surface area contributed by atoms with Gasteiger partial charge < -0.3 is 0 Å². The van der Waals surface area contributed by atoms with E-state index in [1.54, 1.807) is 0 Å². The van der Waals surface area contributed by atoms with Crippen LogP contribution in [-0.2, 0) is 12.6 Å². The van der Waals surface area contributed by atoms with E-state index in [4.69, 9.17) is 11.6 Å². The van der Waals surface area contributed by atoms with E-state index in [1.165, 1.54) is 12.1 Å². The standard InChI is InChI=1S/C14H18ClF3/c1-3-11(4-2)13(15)9-10-5-7-12(8-6-10)14(16,17)18/h5-8,11,13H,3-4,9H2,1-2H3. The van der Waals surface area contributed by atoms with Crippen LogP contribution < -0.4 is 0 Å². The molecule has 0 aromatic heterocycles. The zero-order chi connectivity index (χ0) is 13.8. The first-order chi connectivity index (χ1) is 8.38. The molecular weight excluding hydrogens is 261 g/mol. The third-order valence-electron chi connectivity index (χ3n) is 3.27. The van der Waals surface area contributed by atoms with Crippen LogP contribution in [0.4, 0.5) is 13.2 Å². The van der Waals surface area contributed by atoms with Crippen molar-refractivity contribution < 1.29 is 13.2 Å². The van der Waals surface area contributed by atoms with Crippen molar-refractivity contribution >= 4 is 11.6 Å². The number of hydrogen-bond acceptors (Lipinski definition) is 0. The Balaban J connectivity index is 2.69. The van der Waals surface area contributed by atoms with E-state index in [0.29, 0.717) is 12.3 Å². The van der Waals surface area contributed by atoms with Gasteiger partial charge in [-0.2, -0.15) is 13.2 Å². The van der Waals surface area contributed by atoms with Crippen LogP contribution in [0.15, 0.2) is 24.3 Å². The Labute approximate surface area is 111 Å². The third-order valence-corrected chi connectivity index (χ3v) is 3.78. The second kappa shape index (κ2) is 6.46. The molecule has 0 fully saturated rings. The summed E-state index contributed by atoms with van der Waals surface area (Å²) < 4.78 is 37.2. The molecule has 0 N–H and O–H groups in total. The van der Waals surface area contributed by atoms with Crippen molar-refractivity contribution in [2.45, 2.75) is 44.7 Å². The van der Waals surface area contributed by atoms with Gasteiger partial charge in [0.05, 0.1) is 5.56 Å². The molecule has 4 heteroatoms. The number of alkyl halides is 4. The molecule has 102 valence electrons. The van der Waals surface area contributed by atoms with E-state index in [1.807, 2.05) is 0 Å². The summed E-state index contributed by atoms with van der Waals surface area (Å²) in [7, 11) is 0. The maximum absolute atomic E-state index is 12.4. The molecule has 1 unspecified atom stereocenters. The van der Waals surface area contributed by atoms with Gasteiger partial charge in [0.25, 0.3) is 0 Å². The molecule has 1 rings (SSSR count). The maximum Gasteiger partial charge on any atom is 0.416 e. The highest BCUT2D eigenvalue weighted by molar-refractivity contribution is 6.20. The summed E-state index contributed by atoms with van der Waals surface area (Å²) in [5, 5.41) is -0.0169. The first kappa shape index (κ1) is 15.4. The highest BCUT2D eigenvalue weighted by Crippen LogP contribution is 2.30. The van der Waals surface area contributed by atoms with Crippen LogP contribution in [-0.4, -0.2) is 5.38 Å². The van der Waals surface area contributed by atoms with Crippen LogP contribution in [0, 0.1) is 5.92 Å². The fourth-order valence-electron chi connectivity index (χ4n) is 2.02. The predicted octanol–water partition coefficient (Wildman–Crippen LogP) is 5.29. The Morgan fingerprint density at radius 1 is 1.06 bits per heavy atom. The van der Waals surface area contributed by atoms with E-state index in [2.05, 4.69) is 13.8 Å². The quantitative estimate of drug-likeness (QED) is 0.642. The smallest absolute Gasteiger partial charge is 0.166 e. The normalized spacial score (nSPS) is 13.9. The molecule has 18 heavy (non-hydrogen) atoms. The van der Waals surface area contributed by atoms with Gasteiger partial charge in [0.1, 0.15) is 0 Å². The average Bonchev–Trinajstić information content (AvgIpc) is 2.30. The van der Waals surface area contributed by atoms with Crippen LogP contribution in [0.1, 0.15) is 37.8 Å². The van der Waals surface area contributed by atoms with Crippen molar-refractivity contribution in [3.63, 3.8) is 0 Å². The lowest BCUT2D eigenvalue weighted by Crippen LogP contribution is -2.16. The van der Waals surface area contributed by atoms with Crippen LogP contribution in [0.25, 0.3) is 0 Å². The molecule has 0 aliphatic heterocycles. The third kappa shape index (κ3) is 4.20. The summed E-state index contributed by atoms with van der Waals surface area (Å²) in [6.45, 7) is 4.16. The molecule has 1 atom stereocenters. The van der Waals surface area contributed by atoms with Crippen LogP contribution >= 0.6 is 11.6 Å². The minimum Gasteiger partial charge on any atom is -0.166 e. The lowest BCUT2D eigenvalue weighted by atomic mass is 9.94. The molecule has 0 saturated heterocycles. The topological polar surface area (TPSA) is 0 Å². The molecule has 0 spiro atoms. The van der Waals surface area contributed by atoms with Crippen molar-refractivity contribution in [3.8, 4) is 0 Å². The summed E-state index contributed by atoms with van der Waals surface area (Å²) in [5.41, 5.74) is 0.245. The highest BCUT2D eigenvalue weighted by atomic mass is 35.5. The van der Waals surface area contributed by atoms with Crippen molar-refractivity contribution in [1.29, 1.82) is 0 Å². The molecule has 0 bridgehead atoms. The van der Waals surface area contributed by atoms with Gasteiger partial charge in [-0.1, -0.05) is 38.8 Å². The lowest BCUT2D eigenvalue weighted by Gasteiger charge is -2.19. The Morgan fingerprint density at radius 2 is 1.56 bits per heavy atom. The van der Waals surface area contributed by atoms with Crippen molar-refractivity contribution in [1.82, 2.24) is 0 Å². The van der Waals surface area contributed by atoms with Crippen molar-refractivity contribution in [2.24, 2.45) is 5.92 Å². The molecule has 0 aliphatic rings. The number of benzene rings is 1. The molecule has 1 aromatic rings. The summed E-state index contributed by atoms with van der Waals surface area (Å²) in [5.74, 6) is 0.411. The first-order valence-electron chi connectivity index (χ1n) is 6.18. The van der Waals surface area contributed by atoms with Crippen molar-refractivity contribution in [2.75, 3.05) is 0 Å². The Bertz CT molecular complexity index is 352. The van der Waals surface area contributed by atoms with E-state index in [9.17, 15) is 13.2 Å². The molecule has 0 aliphatic carbocycles. The molecule has 0 radical (unpaired) electrons. The number of rotatable bonds is 5. The second-order valence-electron chi connectivity index (χ2n) is 4.49. The SMILES string of the molecule is CCC(CC)C(Cl)Cc1ccc(C(F)(F)F)cc1. The predicted molar refractivity (Wildman–Crippen MR) is 68.9 cm³/mol. The van der Waals surface area contributed by atoms with Gasteiger partial charge in [0.2, 0.25) is 0 Å². The average molecular weight is 279 g/mol. The molecule has 0 heterocycles. The van der Waals surface area contributed by atoms with Gasteiger partial charge in [0.15, 0.2) is 0 Å². The Hall–Kier alpha value is -0.700. The second-order valence-corrected chi connectivity index (χ2v) is 5.05. The van der Waals surface area contributed by atoms with Crippen LogP contribution in [0.3, 0.4) is 0 Å².